The summed E-state index contributed by atoms with van der Waals surface area (Å²) in [5.41, 5.74) is 15.0. The monoisotopic (exact) mass is 936 g/mol. The Morgan fingerprint density at radius 3 is 1.43 bits per heavy atom. The smallest absolute Gasteiger partial charge is 0.135 e. The van der Waals surface area contributed by atoms with Crippen LogP contribution in [-0.4, -0.2) is 0 Å². The Morgan fingerprint density at radius 1 is 0.250 bits per heavy atom. The molecule has 0 aliphatic rings. The van der Waals surface area contributed by atoms with Crippen LogP contribution < -0.4 is 9.80 Å². The van der Waals surface area contributed by atoms with Gasteiger partial charge in [-0.25, -0.2) is 0 Å². The number of thiophene rings is 1. The van der Waals surface area contributed by atoms with E-state index in [1.807, 2.05) is 17.4 Å². The van der Waals surface area contributed by atoms with Crippen molar-refractivity contribution in [1.82, 2.24) is 0 Å². The van der Waals surface area contributed by atoms with Gasteiger partial charge in [0.15, 0.2) is 0 Å². The van der Waals surface area contributed by atoms with E-state index in [2.05, 4.69) is 271 Å². The number of hydrogen-bond donors (Lipinski definition) is 0. The fourth-order valence-corrected chi connectivity index (χ4v) is 11.9. The third-order valence-electron chi connectivity index (χ3n) is 14.2. The van der Waals surface area contributed by atoms with Crippen LogP contribution in [0.4, 0.5) is 34.1 Å². The molecule has 0 bridgehead atoms. The van der Waals surface area contributed by atoms with E-state index in [-0.39, 0.29) is 0 Å². The largest absolute Gasteiger partial charge is 0.456 e. The summed E-state index contributed by atoms with van der Waals surface area (Å²) in [5, 5.41) is 9.58. The summed E-state index contributed by atoms with van der Waals surface area (Å²) in [6.07, 6.45) is 0. The Kier molecular flexibility index (Phi) is 10.0. The summed E-state index contributed by atoms with van der Waals surface area (Å²) < 4.78 is 8.96. The maximum Gasteiger partial charge on any atom is 0.135 e. The molecule has 2 aromatic heterocycles. The minimum absolute atomic E-state index is 0.862. The Bertz CT molecular complexity index is 4240. The molecule has 0 N–H and O–H groups in total. The van der Waals surface area contributed by atoms with Crippen molar-refractivity contribution in [3.05, 3.63) is 267 Å². The van der Waals surface area contributed by atoms with E-state index in [0.717, 1.165) is 61.6 Å². The highest BCUT2D eigenvalue weighted by Gasteiger charge is 2.23. The second-order valence-electron chi connectivity index (χ2n) is 18.5. The molecular weight excluding hydrogens is 893 g/mol. The summed E-state index contributed by atoms with van der Waals surface area (Å²) >= 11 is 1.84. The maximum atomic E-state index is 6.44. The fourth-order valence-electron chi connectivity index (χ4n) is 10.8. The first-order valence-electron chi connectivity index (χ1n) is 24.5. The Balaban J connectivity index is 1.05. The van der Waals surface area contributed by atoms with Crippen LogP contribution in [0, 0.1) is 0 Å². The number of benzene rings is 12. The molecule has 2 heterocycles. The van der Waals surface area contributed by atoms with Gasteiger partial charge in [-0.15, -0.1) is 11.3 Å². The SMILES string of the molecule is c1ccc(-c2ccc(N(c3ccc(-c4ccccc4)cc3)c3cc(-c4cc5ccccc5c5ccccc45)cc(N(c4ccc5c(c4)sc4ccccc45)c4ccc5oc6ccccc6c5c4)c3)cc2)cc1. The molecule has 338 valence electrons. The number of nitrogens with zero attached hydrogens (tertiary/aromatic N) is 2. The van der Waals surface area contributed by atoms with Gasteiger partial charge >= 0.3 is 0 Å². The molecule has 3 nitrogen and oxygen atoms in total. The van der Waals surface area contributed by atoms with E-state index in [9.17, 15) is 0 Å². The van der Waals surface area contributed by atoms with Crippen molar-refractivity contribution in [2.24, 2.45) is 0 Å². The molecule has 14 aromatic rings. The Morgan fingerprint density at radius 2 is 0.736 bits per heavy atom. The highest BCUT2D eigenvalue weighted by molar-refractivity contribution is 7.25. The van der Waals surface area contributed by atoms with Crippen molar-refractivity contribution in [1.29, 1.82) is 0 Å². The van der Waals surface area contributed by atoms with Crippen LogP contribution >= 0.6 is 11.3 Å². The van der Waals surface area contributed by atoms with Gasteiger partial charge in [-0.1, -0.05) is 176 Å². The highest BCUT2D eigenvalue weighted by atomic mass is 32.1. The third kappa shape index (κ3) is 7.28. The molecular formula is C68H44N2OS. The van der Waals surface area contributed by atoms with Crippen molar-refractivity contribution in [2.45, 2.75) is 0 Å². The Labute approximate surface area is 421 Å². The molecule has 0 saturated heterocycles. The summed E-state index contributed by atoms with van der Waals surface area (Å²) in [5.74, 6) is 0. The van der Waals surface area contributed by atoms with E-state index in [0.29, 0.717) is 0 Å². The predicted octanol–water partition coefficient (Wildman–Crippen LogP) is 20.2. The standard InChI is InChI=1S/C68H44N2OS/c1-3-15-45(16-4-1)47-27-31-51(32-28-47)69(52-33-29-48(30-34-52)46-17-5-2-6-18-46)55-39-50(63-41-49-19-7-8-20-57(49)58-21-9-10-22-59(58)63)40-56(42-55)70(53-36-38-66-64(43-53)60-23-11-13-25-65(60)71-66)54-35-37-62-61-24-12-14-26-67(61)72-68(62)44-54/h1-44H. The Hall–Kier alpha value is -9.22. The second-order valence-corrected chi connectivity index (χ2v) is 19.6. The molecule has 0 spiro atoms. The van der Waals surface area contributed by atoms with Crippen LogP contribution in [0.2, 0.25) is 0 Å². The zero-order valence-electron chi connectivity index (χ0n) is 39.1. The zero-order valence-corrected chi connectivity index (χ0v) is 39.9. The molecule has 0 radical (unpaired) electrons. The lowest BCUT2D eigenvalue weighted by Crippen LogP contribution is -2.13. The summed E-state index contributed by atoms with van der Waals surface area (Å²) in [4.78, 5) is 4.86. The van der Waals surface area contributed by atoms with Gasteiger partial charge in [0.1, 0.15) is 11.2 Å². The molecule has 0 aliphatic carbocycles. The van der Waals surface area contributed by atoms with Crippen molar-refractivity contribution >= 4 is 109 Å². The van der Waals surface area contributed by atoms with Crippen LogP contribution in [0.1, 0.15) is 0 Å². The summed E-state index contributed by atoms with van der Waals surface area (Å²) in [6, 6.07) is 97.1. The van der Waals surface area contributed by atoms with Crippen molar-refractivity contribution < 1.29 is 4.42 Å². The van der Waals surface area contributed by atoms with Gasteiger partial charge in [-0.3, -0.25) is 0 Å². The number of furan rings is 1. The lowest BCUT2D eigenvalue weighted by atomic mass is 9.92. The molecule has 0 saturated carbocycles. The van der Waals surface area contributed by atoms with Crippen LogP contribution in [0.25, 0.3) is 97.0 Å². The van der Waals surface area contributed by atoms with E-state index in [1.165, 1.54) is 69.5 Å². The minimum atomic E-state index is 0.862. The van der Waals surface area contributed by atoms with Gasteiger partial charge < -0.3 is 14.2 Å². The average Bonchev–Trinajstić information content (AvgIpc) is 4.02. The van der Waals surface area contributed by atoms with Gasteiger partial charge in [0.25, 0.3) is 0 Å². The first-order chi connectivity index (χ1) is 35.7. The molecule has 0 amide bonds. The highest BCUT2D eigenvalue weighted by Crippen LogP contribution is 2.48. The quantitative estimate of drug-likeness (QED) is 0.134. The van der Waals surface area contributed by atoms with Gasteiger partial charge in [0.05, 0.1) is 0 Å². The van der Waals surface area contributed by atoms with E-state index in [1.54, 1.807) is 0 Å². The van der Waals surface area contributed by atoms with Crippen molar-refractivity contribution in [3.63, 3.8) is 0 Å². The molecule has 72 heavy (non-hydrogen) atoms. The second kappa shape index (κ2) is 17.3. The van der Waals surface area contributed by atoms with Crippen molar-refractivity contribution in [3.8, 4) is 33.4 Å². The van der Waals surface area contributed by atoms with Gasteiger partial charge in [-0.05, 0) is 146 Å². The molecule has 14 rings (SSSR count). The molecule has 0 unspecified atom stereocenters. The first-order valence-corrected chi connectivity index (χ1v) is 25.3. The third-order valence-corrected chi connectivity index (χ3v) is 15.3. The fraction of sp³-hybridized carbons (Fsp3) is 0. The van der Waals surface area contributed by atoms with Crippen LogP contribution in [0.3, 0.4) is 0 Å². The topological polar surface area (TPSA) is 19.6 Å². The number of anilines is 6. The number of hydrogen-bond acceptors (Lipinski definition) is 4. The number of rotatable bonds is 9. The maximum absolute atomic E-state index is 6.44. The number of para-hydroxylation sites is 1. The van der Waals surface area contributed by atoms with Gasteiger partial charge in [0.2, 0.25) is 0 Å². The lowest BCUT2D eigenvalue weighted by molar-refractivity contribution is 0.669. The molecule has 12 aromatic carbocycles. The van der Waals surface area contributed by atoms with Crippen molar-refractivity contribution in [2.75, 3.05) is 9.80 Å². The number of fused-ring (bicyclic) bond motifs is 9. The summed E-state index contributed by atoms with van der Waals surface area (Å²) in [7, 11) is 0. The van der Waals surface area contributed by atoms with E-state index in [4.69, 9.17) is 4.42 Å². The lowest BCUT2D eigenvalue weighted by Gasteiger charge is -2.31. The molecule has 0 aliphatic heterocycles. The van der Waals surface area contributed by atoms with Crippen LogP contribution in [-0.2, 0) is 0 Å². The van der Waals surface area contributed by atoms with Gasteiger partial charge in [0, 0.05) is 65.1 Å². The van der Waals surface area contributed by atoms with E-state index < -0.39 is 0 Å². The van der Waals surface area contributed by atoms with Crippen LogP contribution in [0.5, 0.6) is 0 Å². The molecule has 4 heteroatoms. The van der Waals surface area contributed by atoms with E-state index >= 15 is 0 Å². The summed E-state index contributed by atoms with van der Waals surface area (Å²) in [6.45, 7) is 0. The average molecular weight is 937 g/mol. The molecule has 0 fully saturated rings. The normalized spacial score (nSPS) is 11.6. The molecule has 0 atom stereocenters. The zero-order chi connectivity index (χ0) is 47.5. The van der Waals surface area contributed by atoms with Crippen LogP contribution in [0.15, 0.2) is 271 Å². The first kappa shape index (κ1) is 41.7. The minimum Gasteiger partial charge on any atom is -0.456 e. The predicted molar refractivity (Wildman–Crippen MR) is 307 cm³/mol. The van der Waals surface area contributed by atoms with Gasteiger partial charge in [-0.2, -0.15) is 0 Å².